The molecule has 1 aliphatic rings. The fourth-order valence-electron chi connectivity index (χ4n) is 2.82. The van der Waals surface area contributed by atoms with Crippen molar-refractivity contribution in [1.82, 2.24) is 5.32 Å². The molecule has 4 N–H and O–H groups in total. The smallest absolute Gasteiger partial charge is 0.319 e. The van der Waals surface area contributed by atoms with Crippen LogP contribution in [0, 0.1) is 11.8 Å². The van der Waals surface area contributed by atoms with Crippen LogP contribution >= 0.6 is 0 Å². The topological polar surface area (TPSA) is 67.2 Å². The summed E-state index contributed by atoms with van der Waals surface area (Å²) in [6, 6.07) is 7.04. The number of nitrogens with two attached hydrogens (primary N) is 1. The van der Waals surface area contributed by atoms with Crippen LogP contribution in [-0.4, -0.2) is 12.6 Å². The number of amides is 2. The lowest BCUT2D eigenvalue weighted by Gasteiger charge is -2.27. The zero-order valence-electron chi connectivity index (χ0n) is 12.2. The molecule has 2 rings (SSSR count). The zero-order chi connectivity index (χ0) is 14.4. The summed E-state index contributed by atoms with van der Waals surface area (Å²) in [7, 11) is 0. The van der Waals surface area contributed by atoms with E-state index in [1.807, 2.05) is 0 Å². The molecule has 0 aliphatic heterocycles. The fraction of sp³-hybridized carbons (Fsp3) is 0.562. The van der Waals surface area contributed by atoms with Gasteiger partial charge in [0, 0.05) is 17.9 Å². The fourth-order valence-corrected chi connectivity index (χ4v) is 2.82. The van der Waals surface area contributed by atoms with E-state index in [1.165, 1.54) is 32.1 Å². The molecule has 4 nitrogen and oxygen atoms in total. The molecule has 0 bridgehead atoms. The average molecular weight is 275 g/mol. The van der Waals surface area contributed by atoms with E-state index in [0.29, 0.717) is 11.6 Å². The quantitative estimate of drug-likeness (QED) is 0.735. The van der Waals surface area contributed by atoms with Crippen LogP contribution in [0.3, 0.4) is 0 Å². The molecule has 1 aliphatic carbocycles. The highest BCUT2D eigenvalue weighted by atomic mass is 16.2. The minimum atomic E-state index is -0.132. The molecule has 1 fully saturated rings. The van der Waals surface area contributed by atoms with Crippen LogP contribution in [-0.2, 0) is 0 Å². The maximum Gasteiger partial charge on any atom is 0.319 e. The number of anilines is 2. The first-order chi connectivity index (χ1) is 9.67. The van der Waals surface area contributed by atoms with Crippen LogP contribution < -0.4 is 16.4 Å². The number of hydrogen-bond donors (Lipinski definition) is 3. The number of nitrogens with one attached hydrogen (secondary N) is 2. The summed E-state index contributed by atoms with van der Waals surface area (Å²) in [5.41, 5.74) is 7.08. The third-order valence-electron chi connectivity index (χ3n) is 4.26. The summed E-state index contributed by atoms with van der Waals surface area (Å²) < 4.78 is 0. The van der Waals surface area contributed by atoms with Gasteiger partial charge in [0.05, 0.1) is 0 Å². The Balaban J connectivity index is 1.69. The SMILES string of the molecule is CCC1CCC(CNC(=O)Nc2ccc(N)cc2)CC1. The van der Waals surface area contributed by atoms with Crippen molar-refractivity contribution in [3.05, 3.63) is 24.3 Å². The lowest BCUT2D eigenvalue weighted by molar-refractivity contribution is 0.239. The molecule has 0 heterocycles. The number of hydrogen-bond acceptors (Lipinski definition) is 2. The van der Waals surface area contributed by atoms with Crippen LogP contribution in [0.5, 0.6) is 0 Å². The molecular formula is C16H25N3O. The number of carbonyl (C=O) groups excluding carboxylic acids is 1. The van der Waals surface area contributed by atoms with Crippen LogP contribution in [0.1, 0.15) is 39.0 Å². The van der Waals surface area contributed by atoms with Crippen LogP contribution in [0.4, 0.5) is 16.2 Å². The molecule has 110 valence electrons. The lowest BCUT2D eigenvalue weighted by atomic mass is 9.81. The number of urea groups is 1. The second-order valence-electron chi connectivity index (χ2n) is 5.75. The average Bonchev–Trinajstić information content (AvgIpc) is 2.48. The number of rotatable bonds is 4. The van der Waals surface area contributed by atoms with Crippen molar-refractivity contribution in [2.45, 2.75) is 39.0 Å². The van der Waals surface area contributed by atoms with Gasteiger partial charge in [-0.1, -0.05) is 26.2 Å². The van der Waals surface area contributed by atoms with Crippen molar-refractivity contribution in [1.29, 1.82) is 0 Å². The zero-order valence-corrected chi connectivity index (χ0v) is 12.2. The molecule has 20 heavy (non-hydrogen) atoms. The maximum atomic E-state index is 11.8. The predicted octanol–water partition coefficient (Wildman–Crippen LogP) is 3.61. The molecule has 1 aromatic rings. The van der Waals surface area contributed by atoms with E-state index >= 15 is 0 Å². The number of carbonyl (C=O) groups is 1. The lowest BCUT2D eigenvalue weighted by Crippen LogP contribution is -2.34. The van der Waals surface area contributed by atoms with Gasteiger partial charge in [-0.25, -0.2) is 4.79 Å². The van der Waals surface area contributed by atoms with Gasteiger partial charge >= 0.3 is 6.03 Å². The van der Waals surface area contributed by atoms with Gasteiger partial charge in [-0.15, -0.1) is 0 Å². The van der Waals surface area contributed by atoms with Gasteiger partial charge in [-0.3, -0.25) is 0 Å². The predicted molar refractivity (Wildman–Crippen MR) is 83.6 cm³/mol. The number of benzene rings is 1. The molecule has 0 spiro atoms. The second-order valence-corrected chi connectivity index (χ2v) is 5.75. The van der Waals surface area contributed by atoms with Crippen molar-refractivity contribution < 1.29 is 4.79 Å². The van der Waals surface area contributed by atoms with Gasteiger partial charge in [-0.2, -0.15) is 0 Å². The van der Waals surface area contributed by atoms with Gasteiger partial charge in [0.2, 0.25) is 0 Å². The molecule has 0 unspecified atom stereocenters. The van der Waals surface area contributed by atoms with E-state index in [-0.39, 0.29) is 6.03 Å². The Labute approximate surface area is 121 Å². The summed E-state index contributed by atoms with van der Waals surface area (Å²) in [6.45, 7) is 3.04. The summed E-state index contributed by atoms with van der Waals surface area (Å²) in [4.78, 5) is 11.8. The van der Waals surface area contributed by atoms with Gasteiger partial charge in [0.1, 0.15) is 0 Å². The molecule has 0 radical (unpaired) electrons. The Morgan fingerprint density at radius 2 is 1.75 bits per heavy atom. The molecular weight excluding hydrogens is 250 g/mol. The first kappa shape index (κ1) is 14.7. The second kappa shape index (κ2) is 7.17. The summed E-state index contributed by atoms with van der Waals surface area (Å²) in [5.74, 6) is 1.53. The highest BCUT2D eigenvalue weighted by Gasteiger charge is 2.20. The Bertz CT molecular complexity index is 422. The van der Waals surface area contributed by atoms with Crippen LogP contribution in [0.2, 0.25) is 0 Å². The standard InChI is InChI=1S/C16H25N3O/c1-2-12-3-5-13(6-4-12)11-18-16(20)19-15-9-7-14(17)8-10-15/h7-10,12-13H,2-6,11,17H2,1H3,(H2,18,19,20). The minimum Gasteiger partial charge on any atom is -0.399 e. The summed E-state index contributed by atoms with van der Waals surface area (Å²) in [5, 5.41) is 5.79. The normalized spacial score (nSPS) is 22.2. The van der Waals surface area contributed by atoms with Crippen molar-refractivity contribution in [2.75, 3.05) is 17.6 Å². The van der Waals surface area contributed by atoms with Crippen LogP contribution in [0.25, 0.3) is 0 Å². The Morgan fingerprint density at radius 3 is 2.35 bits per heavy atom. The highest BCUT2D eigenvalue weighted by Crippen LogP contribution is 2.30. The van der Waals surface area contributed by atoms with Gasteiger partial charge in [0.15, 0.2) is 0 Å². The maximum absolute atomic E-state index is 11.8. The van der Waals surface area contributed by atoms with E-state index in [2.05, 4.69) is 17.6 Å². The molecule has 4 heteroatoms. The van der Waals surface area contributed by atoms with E-state index in [1.54, 1.807) is 24.3 Å². The Hall–Kier alpha value is -1.71. The molecule has 2 amide bonds. The van der Waals surface area contributed by atoms with Gasteiger partial charge in [-0.05, 0) is 48.9 Å². The molecule has 1 saturated carbocycles. The van der Waals surface area contributed by atoms with E-state index < -0.39 is 0 Å². The van der Waals surface area contributed by atoms with Crippen molar-refractivity contribution in [3.63, 3.8) is 0 Å². The first-order valence-electron chi connectivity index (χ1n) is 7.57. The molecule has 0 saturated heterocycles. The van der Waals surface area contributed by atoms with Crippen LogP contribution in [0.15, 0.2) is 24.3 Å². The summed E-state index contributed by atoms with van der Waals surface area (Å²) >= 11 is 0. The third kappa shape index (κ3) is 4.44. The van der Waals surface area contributed by atoms with Crippen molar-refractivity contribution in [2.24, 2.45) is 11.8 Å². The molecule has 0 atom stereocenters. The minimum absolute atomic E-state index is 0.132. The number of nitrogen functional groups attached to an aromatic ring is 1. The highest BCUT2D eigenvalue weighted by molar-refractivity contribution is 5.89. The monoisotopic (exact) mass is 275 g/mol. The van der Waals surface area contributed by atoms with E-state index in [9.17, 15) is 4.79 Å². The first-order valence-corrected chi connectivity index (χ1v) is 7.57. The van der Waals surface area contributed by atoms with E-state index in [0.717, 1.165) is 18.2 Å². The molecule has 1 aromatic carbocycles. The Kier molecular flexibility index (Phi) is 5.27. The third-order valence-corrected chi connectivity index (χ3v) is 4.26. The molecule has 0 aromatic heterocycles. The summed E-state index contributed by atoms with van der Waals surface area (Å²) in [6.07, 6.45) is 6.38. The van der Waals surface area contributed by atoms with Gasteiger partial charge < -0.3 is 16.4 Å². The van der Waals surface area contributed by atoms with Crippen molar-refractivity contribution in [3.8, 4) is 0 Å². The largest absolute Gasteiger partial charge is 0.399 e. The Morgan fingerprint density at radius 1 is 1.15 bits per heavy atom. The van der Waals surface area contributed by atoms with Gasteiger partial charge in [0.25, 0.3) is 0 Å². The van der Waals surface area contributed by atoms with E-state index in [4.69, 9.17) is 5.73 Å². The van der Waals surface area contributed by atoms with Crippen molar-refractivity contribution >= 4 is 17.4 Å².